The number of thioether (sulfide) groups is 1. The van der Waals surface area contributed by atoms with Crippen molar-refractivity contribution in [3.63, 3.8) is 0 Å². The van der Waals surface area contributed by atoms with E-state index in [-0.39, 0.29) is 12.0 Å². The first-order chi connectivity index (χ1) is 10.3. The second-order valence-electron chi connectivity index (χ2n) is 4.87. The van der Waals surface area contributed by atoms with Crippen LogP contribution in [0.5, 0.6) is 11.5 Å². The van der Waals surface area contributed by atoms with Crippen LogP contribution in [0.2, 0.25) is 0 Å². The summed E-state index contributed by atoms with van der Waals surface area (Å²) in [5.41, 5.74) is 7.42. The molecule has 112 valence electrons. The molecule has 1 aromatic carbocycles. The molecule has 1 fully saturated rings. The fourth-order valence-corrected chi connectivity index (χ4v) is 3.48. The van der Waals surface area contributed by atoms with Crippen LogP contribution in [0, 0.1) is 0 Å². The van der Waals surface area contributed by atoms with E-state index in [2.05, 4.69) is 5.16 Å². The van der Waals surface area contributed by atoms with Crippen LogP contribution >= 0.6 is 11.8 Å². The van der Waals surface area contributed by atoms with Gasteiger partial charge < -0.3 is 19.7 Å². The lowest BCUT2D eigenvalue weighted by atomic mass is 10.1. The van der Waals surface area contributed by atoms with E-state index in [9.17, 15) is 0 Å². The van der Waals surface area contributed by atoms with Gasteiger partial charge in [-0.05, 0) is 30.4 Å². The summed E-state index contributed by atoms with van der Waals surface area (Å²) in [5.74, 6) is 3.96. The normalized spacial score (nSPS) is 15.9. The predicted octanol–water partition coefficient (Wildman–Crippen LogP) is 3.21. The first-order valence-corrected chi connectivity index (χ1v) is 8.07. The van der Waals surface area contributed by atoms with Crippen molar-refractivity contribution < 1.29 is 14.0 Å². The lowest BCUT2D eigenvalue weighted by Gasteiger charge is -2.25. The third-order valence-electron chi connectivity index (χ3n) is 3.54. The number of para-hydroxylation sites is 1. The Kier molecular flexibility index (Phi) is 4.24. The molecule has 0 aliphatic carbocycles. The molecule has 0 unspecified atom stereocenters. The van der Waals surface area contributed by atoms with Gasteiger partial charge in [-0.2, -0.15) is 11.8 Å². The first-order valence-electron chi connectivity index (χ1n) is 6.91. The Morgan fingerprint density at radius 3 is 2.76 bits per heavy atom. The molecule has 2 heterocycles. The van der Waals surface area contributed by atoms with Crippen LogP contribution in [0.1, 0.15) is 12.8 Å². The molecular formula is C15H18N2O3S. The lowest BCUT2D eigenvalue weighted by molar-refractivity contribution is 0.185. The topological polar surface area (TPSA) is 70.5 Å². The van der Waals surface area contributed by atoms with E-state index in [4.69, 9.17) is 19.7 Å². The standard InChI is InChI=1S/C15H18N2O3S/c1-18-13-4-2-3-11(12-9-17-20-15(12)16)14(13)19-10-5-7-21-8-6-10/h2-4,9-10H,5-8,16H2,1H3. The summed E-state index contributed by atoms with van der Waals surface area (Å²) in [5, 5.41) is 3.74. The van der Waals surface area contributed by atoms with Crippen molar-refractivity contribution in [1.29, 1.82) is 0 Å². The number of nitrogen functional groups attached to an aromatic ring is 1. The monoisotopic (exact) mass is 306 g/mol. The van der Waals surface area contributed by atoms with Gasteiger partial charge in [-0.15, -0.1) is 0 Å². The number of nitrogens with two attached hydrogens (primary N) is 1. The van der Waals surface area contributed by atoms with E-state index in [0.29, 0.717) is 11.5 Å². The van der Waals surface area contributed by atoms with Crippen molar-refractivity contribution >= 4 is 17.6 Å². The van der Waals surface area contributed by atoms with E-state index in [1.54, 1.807) is 13.3 Å². The van der Waals surface area contributed by atoms with Crippen molar-refractivity contribution in [1.82, 2.24) is 5.16 Å². The Morgan fingerprint density at radius 1 is 1.29 bits per heavy atom. The zero-order valence-electron chi connectivity index (χ0n) is 11.9. The highest BCUT2D eigenvalue weighted by atomic mass is 32.2. The smallest absolute Gasteiger partial charge is 0.230 e. The van der Waals surface area contributed by atoms with Gasteiger partial charge in [0.2, 0.25) is 5.88 Å². The van der Waals surface area contributed by atoms with Gasteiger partial charge in [0, 0.05) is 5.56 Å². The zero-order valence-corrected chi connectivity index (χ0v) is 12.7. The number of anilines is 1. The summed E-state index contributed by atoms with van der Waals surface area (Å²) < 4.78 is 16.6. The van der Waals surface area contributed by atoms with E-state index >= 15 is 0 Å². The highest BCUT2D eigenvalue weighted by Crippen LogP contribution is 2.41. The summed E-state index contributed by atoms with van der Waals surface area (Å²) in [6.45, 7) is 0. The number of benzene rings is 1. The van der Waals surface area contributed by atoms with Gasteiger partial charge in [0.15, 0.2) is 11.5 Å². The SMILES string of the molecule is COc1cccc(-c2cnoc2N)c1OC1CCSCC1. The Hall–Kier alpha value is -1.82. The van der Waals surface area contributed by atoms with Gasteiger partial charge in [-0.25, -0.2) is 0 Å². The number of hydrogen-bond donors (Lipinski definition) is 1. The quantitative estimate of drug-likeness (QED) is 0.935. The van der Waals surface area contributed by atoms with Crippen LogP contribution in [-0.2, 0) is 0 Å². The number of hydrogen-bond acceptors (Lipinski definition) is 6. The summed E-state index contributed by atoms with van der Waals surface area (Å²) in [6.07, 6.45) is 3.90. The number of methoxy groups -OCH3 is 1. The fraction of sp³-hybridized carbons (Fsp3) is 0.400. The molecule has 1 aliphatic heterocycles. The van der Waals surface area contributed by atoms with Gasteiger partial charge in [0.05, 0.1) is 18.9 Å². The van der Waals surface area contributed by atoms with Crippen LogP contribution in [0.3, 0.4) is 0 Å². The minimum absolute atomic E-state index is 0.211. The van der Waals surface area contributed by atoms with Gasteiger partial charge in [-0.1, -0.05) is 17.3 Å². The third-order valence-corrected chi connectivity index (χ3v) is 4.59. The summed E-state index contributed by atoms with van der Waals surface area (Å²) in [6, 6.07) is 5.74. The molecule has 1 aromatic heterocycles. The van der Waals surface area contributed by atoms with E-state index in [1.807, 2.05) is 30.0 Å². The molecule has 2 aromatic rings. The number of ether oxygens (including phenoxy) is 2. The fourth-order valence-electron chi connectivity index (χ4n) is 2.42. The molecule has 0 spiro atoms. The van der Waals surface area contributed by atoms with Crippen LogP contribution in [0.25, 0.3) is 11.1 Å². The van der Waals surface area contributed by atoms with Gasteiger partial charge in [0.1, 0.15) is 6.10 Å². The molecule has 0 saturated carbocycles. The summed E-state index contributed by atoms with van der Waals surface area (Å²) >= 11 is 1.97. The van der Waals surface area contributed by atoms with Crippen LogP contribution < -0.4 is 15.2 Å². The van der Waals surface area contributed by atoms with Crippen LogP contribution in [0.15, 0.2) is 28.9 Å². The first kappa shape index (κ1) is 14.1. The van der Waals surface area contributed by atoms with E-state index in [0.717, 1.165) is 35.5 Å². The maximum Gasteiger partial charge on any atom is 0.230 e. The molecular weight excluding hydrogens is 288 g/mol. The minimum atomic E-state index is 0.211. The van der Waals surface area contributed by atoms with Gasteiger partial charge in [0.25, 0.3) is 0 Å². The molecule has 3 rings (SSSR count). The molecule has 0 amide bonds. The highest BCUT2D eigenvalue weighted by molar-refractivity contribution is 7.99. The molecule has 0 radical (unpaired) electrons. The highest BCUT2D eigenvalue weighted by Gasteiger charge is 2.22. The lowest BCUT2D eigenvalue weighted by Crippen LogP contribution is -2.22. The molecule has 1 saturated heterocycles. The summed E-state index contributed by atoms with van der Waals surface area (Å²) in [4.78, 5) is 0. The van der Waals surface area contributed by atoms with E-state index in [1.165, 1.54) is 0 Å². The molecule has 2 N–H and O–H groups in total. The van der Waals surface area contributed by atoms with Crippen LogP contribution in [-0.4, -0.2) is 29.9 Å². The number of rotatable bonds is 4. The predicted molar refractivity (Wildman–Crippen MR) is 83.9 cm³/mol. The Balaban J connectivity index is 1.97. The molecule has 21 heavy (non-hydrogen) atoms. The van der Waals surface area contributed by atoms with Crippen LogP contribution in [0.4, 0.5) is 5.88 Å². The number of nitrogens with zero attached hydrogens (tertiary/aromatic N) is 1. The summed E-state index contributed by atoms with van der Waals surface area (Å²) in [7, 11) is 1.64. The van der Waals surface area contributed by atoms with Crippen molar-refractivity contribution in [2.75, 3.05) is 24.3 Å². The van der Waals surface area contributed by atoms with Gasteiger partial charge >= 0.3 is 0 Å². The van der Waals surface area contributed by atoms with Crippen molar-refractivity contribution in [2.24, 2.45) is 0 Å². The van der Waals surface area contributed by atoms with Crippen molar-refractivity contribution in [2.45, 2.75) is 18.9 Å². The molecule has 1 aliphatic rings. The average Bonchev–Trinajstić information content (AvgIpc) is 2.94. The second-order valence-corrected chi connectivity index (χ2v) is 6.10. The maximum atomic E-state index is 6.22. The van der Waals surface area contributed by atoms with Crippen molar-refractivity contribution in [3.05, 3.63) is 24.4 Å². The third kappa shape index (κ3) is 2.95. The second kappa shape index (κ2) is 6.30. The minimum Gasteiger partial charge on any atom is -0.493 e. The zero-order chi connectivity index (χ0) is 14.7. The molecule has 0 bridgehead atoms. The Labute approximate surface area is 127 Å². The average molecular weight is 306 g/mol. The Bertz CT molecular complexity index is 609. The largest absolute Gasteiger partial charge is 0.493 e. The number of aromatic nitrogens is 1. The molecule has 0 atom stereocenters. The van der Waals surface area contributed by atoms with Crippen molar-refractivity contribution in [3.8, 4) is 22.6 Å². The molecule has 6 heteroatoms. The Morgan fingerprint density at radius 2 is 2.10 bits per heavy atom. The maximum absolute atomic E-state index is 6.22. The van der Waals surface area contributed by atoms with Gasteiger partial charge in [-0.3, -0.25) is 0 Å². The molecule has 5 nitrogen and oxygen atoms in total. The van der Waals surface area contributed by atoms with E-state index < -0.39 is 0 Å².